The van der Waals surface area contributed by atoms with Gasteiger partial charge in [0, 0.05) is 0 Å². The standard InChI is InChI=1S/C12H15NO/c14-9-13-12-8-4-2-6-10-5-1-3-7-11(10)12/h1,3,5,7,9,12H,2,4,6,8H2,(H,13,14). The Morgan fingerprint density at radius 2 is 2.14 bits per heavy atom. The second-order valence-electron chi connectivity index (χ2n) is 3.78. The van der Waals surface area contributed by atoms with Gasteiger partial charge in [0.2, 0.25) is 6.41 Å². The summed E-state index contributed by atoms with van der Waals surface area (Å²) >= 11 is 0. The van der Waals surface area contributed by atoms with E-state index in [4.69, 9.17) is 0 Å². The fraction of sp³-hybridized carbons (Fsp3) is 0.417. The zero-order valence-electron chi connectivity index (χ0n) is 8.20. The number of benzene rings is 1. The molecule has 1 unspecified atom stereocenters. The first kappa shape index (κ1) is 9.25. The van der Waals surface area contributed by atoms with E-state index in [1.807, 2.05) is 6.07 Å². The van der Waals surface area contributed by atoms with Gasteiger partial charge in [-0.1, -0.05) is 30.7 Å². The van der Waals surface area contributed by atoms with Gasteiger partial charge >= 0.3 is 0 Å². The average molecular weight is 189 g/mol. The van der Waals surface area contributed by atoms with E-state index in [1.54, 1.807) is 0 Å². The van der Waals surface area contributed by atoms with E-state index in [2.05, 4.69) is 23.5 Å². The molecule has 0 saturated heterocycles. The van der Waals surface area contributed by atoms with Crippen LogP contribution in [0.3, 0.4) is 0 Å². The van der Waals surface area contributed by atoms with Gasteiger partial charge in [-0.15, -0.1) is 0 Å². The fourth-order valence-electron chi connectivity index (χ4n) is 2.18. The summed E-state index contributed by atoms with van der Waals surface area (Å²) < 4.78 is 0. The lowest BCUT2D eigenvalue weighted by atomic mass is 9.99. The average Bonchev–Trinajstić information content (AvgIpc) is 2.42. The highest BCUT2D eigenvalue weighted by atomic mass is 16.1. The van der Waals surface area contributed by atoms with Crippen LogP contribution in [0.5, 0.6) is 0 Å². The van der Waals surface area contributed by atoms with Crippen LogP contribution in [0.25, 0.3) is 0 Å². The SMILES string of the molecule is O=CNC1CCCCc2ccccc21. The minimum Gasteiger partial charge on any atom is -0.352 e. The topological polar surface area (TPSA) is 29.1 Å². The van der Waals surface area contributed by atoms with Crippen LogP contribution in [0.15, 0.2) is 24.3 Å². The summed E-state index contributed by atoms with van der Waals surface area (Å²) in [6.07, 6.45) is 5.45. The zero-order chi connectivity index (χ0) is 9.80. The minimum atomic E-state index is 0.228. The highest BCUT2D eigenvalue weighted by Crippen LogP contribution is 2.27. The molecule has 0 heterocycles. The monoisotopic (exact) mass is 189 g/mol. The summed E-state index contributed by atoms with van der Waals surface area (Å²) in [5.41, 5.74) is 2.70. The lowest BCUT2D eigenvalue weighted by Crippen LogP contribution is -2.19. The Kier molecular flexibility index (Phi) is 2.82. The summed E-state index contributed by atoms with van der Waals surface area (Å²) in [6.45, 7) is 0. The molecule has 1 N–H and O–H groups in total. The van der Waals surface area contributed by atoms with Crippen molar-refractivity contribution in [2.24, 2.45) is 0 Å². The van der Waals surface area contributed by atoms with Crippen molar-refractivity contribution in [2.45, 2.75) is 31.7 Å². The molecule has 14 heavy (non-hydrogen) atoms. The Morgan fingerprint density at radius 1 is 1.29 bits per heavy atom. The van der Waals surface area contributed by atoms with Crippen molar-refractivity contribution in [1.29, 1.82) is 0 Å². The zero-order valence-corrected chi connectivity index (χ0v) is 8.20. The van der Waals surface area contributed by atoms with Gasteiger partial charge in [0.05, 0.1) is 6.04 Å². The fourth-order valence-corrected chi connectivity index (χ4v) is 2.18. The van der Waals surface area contributed by atoms with Gasteiger partial charge < -0.3 is 5.32 Å². The molecule has 1 aromatic rings. The van der Waals surface area contributed by atoms with Crippen molar-refractivity contribution in [2.75, 3.05) is 0 Å². The number of carbonyl (C=O) groups is 1. The van der Waals surface area contributed by atoms with Crippen LogP contribution in [0.1, 0.15) is 36.4 Å². The van der Waals surface area contributed by atoms with Crippen molar-refractivity contribution >= 4 is 6.41 Å². The van der Waals surface area contributed by atoms with Crippen LogP contribution in [0.2, 0.25) is 0 Å². The summed E-state index contributed by atoms with van der Waals surface area (Å²) in [5.74, 6) is 0. The van der Waals surface area contributed by atoms with Gasteiger partial charge in [0.1, 0.15) is 0 Å². The third-order valence-electron chi connectivity index (χ3n) is 2.89. The first-order chi connectivity index (χ1) is 6.92. The van der Waals surface area contributed by atoms with Crippen LogP contribution in [-0.2, 0) is 11.2 Å². The molecule has 1 aliphatic carbocycles. The molecule has 0 aromatic heterocycles. The number of hydrogen-bond acceptors (Lipinski definition) is 1. The van der Waals surface area contributed by atoms with Gasteiger partial charge in [0.25, 0.3) is 0 Å². The summed E-state index contributed by atoms with van der Waals surface area (Å²) in [4.78, 5) is 10.5. The Morgan fingerprint density at radius 3 is 3.00 bits per heavy atom. The molecular formula is C12H15NO. The molecule has 0 aliphatic heterocycles. The molecule has 1 aliphatic rings. The first-order valence-electron chi connectivity index (χ1n) is 5.19. The number of amides is 1. The van der Waals surface area contributed by atoms with Gasteiger partial charge in [-0.2, -0.15) is 0 Å². The van der Waals surface area contributed by atoms with Crippen LogP contribution in [0, 0.1) is 0 Å². The number of aryl methyl sites for hydroxylation is 1. The molecule has 2 rings (SSSR count). The maximum Gasteiger partial charge on any atom is 0.207 e. The number of nitrogens with one attached hydrogen (secondary N) is 1. The van der Waals surface area contributed by atoms with Crippen LogP contribution in [-0.4, -0.2) is 6.41 Å². The predicted octanol–water partition coefficient (Wildman–Crippen LogP) is 2.20. The van der Waals surface area contributed by atoms with Crippen LogP contribution in [0.4, 0.5) is 0 Å². The van der Waals surface area contributed by atoms with E-state index in [-0.39, 0.29) is 6.04 Å². The van der Waals surface area contributed by atoms with E-state index in [9.17, 15) is 4.79 Å². The third-order valence-corrected chi connectivity index (χ3v) is 2.89. The number of rotatable bonds is 2. The molecule has 1 amide bonds. The molecule has 1 atom stereocenters. The van der Waals surface area contributed by atoms with Crippen molar-refractivity contribution in [3.05, 3.63) is 35.4 Å². The van der Waals surface area contributed by atoms with Crippen LogP contribution < -0.4 is 5.32 Å². The highest BCUT2D eigenvalue weighted by Gasteiger charge is 2.16. The lowest BCUT2D eigenvalue weighted by Gasteiger charge is -2.16. The van der Waals surface area contributed by atoms with E-state index < -0.39 is 0 Å². The van der Waals surface area contributed by atoms with E-state index in [1.165, 1.54) is 24.0 Å². The van der Waals surface area contributed by atoms with E-state index >= 15 is 0 Å². The van der Waals surface area contributed by atoms with Gasteiger partial charge in [-0.3, -0.25) is 4.79 Å². The maximum atomic E-state index is 10.5. The predicted molar refractivity (Wildman–Crippen MR) is 55.9 cm³/mol. The van der Waals surface area contributed by atoms with Crippen molar-refractivity contribution < 1.29 is 4.79 Å². The molecule has 0 bridgehead atoms. The number of carbonyl (C=O) groups excluding carboxylic acids is 1. The molecule has 1 aromatic carbocycles. The second kappa shape index (κ2) is 4.27. The Bertz CT molecular complexity index is 322. The molecule has 0 fully saturated rings. The Hall–Kier alpha value is -1.31. The molecule has 0 spiro atoms. The smallest absolute Gasteiger partial charge is 0.207 e. The molecular weight excluding hydrogens is 174 g/mol. The summed E-state index contributed by atoms with van der Waals surface area (Å²) in [7, 11) is 0. The highest BCUT2D eigenvalue weighted by molar-refractivity contribution is 5.48. The summed E-state index contributed by atoms with van der Waals surface area (Å²) in [6, 6.07) is 8.64. The third kappa shape index (κ3) is 1.79. The molecule has 2 heteroatoms. The first-order valence-corrected chi connectivity index (χ1v) is 5.19. The van der Waals surface area contributed by atoms with E-state index in [0.29, 0.717) is 0 Å². The lowest BCUT2D eigenvalue weighted by molar-refractivity contribution is -0.110. The van der Waals surface area contributed by atoms with Crippen molar-refractivity contribution in [1.82, 2.24) is 5.32 Å². The summed E-state index contributed by atoms with van der Waals surface area (Å²) in [5, 5.41) is 2.90. The quantitative estimate of drug-likeness (QED) is 0.561. The van der Waals surface area contributed by atoms with E-state index in [0.717, 1.165) is 19.3 Å². The maximum absolute atomic E-state index is 10.5. The molecule has 2 nitrogen and oxygen atoms in total. The van der Waals surface area contributed by atoms with Crippen LogP contribution >= 0.6 is 0 Å². The second-order valence-corrected chi connectivity index (χ2v) is 3.78. The number of hydrogen-bond donors (Lipinski definition) is 1. The van der Waals surface area contributed by atoms with Crippen molar-refractivity contribution in [3.63, 3.8) is 0 Å². The molecule has 0 saturated carbocycles. The van der Waals surface area contributed by atoms with Crippen molar-refractivity contribution in [3.8, 4) is 0 Å². The Balaban J connectivity index is 2.31. The molecule has 0 radical (unpaired) electrons. The van der Waals surface area contributed by atoms with Gasteiger partial charge in [0.15, 0.2) is 0 Å². The van der Waals surface area contributed by atoms with Gasteiger partial charge in [-0.25, -0.2) is 0 Å². The number of fused-ring (bicyclic) bond motifs is 1. The molecule has 74 valence electrons. The normalized spacial score (nSPS) is 20.7. The largest absolute Gasteiger partial charge is 0.352 e. The van der Waals surface area contributed by atoms with Gasteiger partial charge in [-0.05, 0) is 30.4 Å². The minimum absolute atomic E-state index is 0.228. The Labute approximate surface area is 84.3 Å².